The fourth-order valence-corrected chi connectivity index (χ4v) is 4.49. The van der Waals surface area contributed by atoms with Crippen molar-refractivity contribution in [3.8, 4) is 11.3 Å². The predicted octanol–water partition coefficient (Wildman–Crippen LogP) is 5.50. The maximum Gasteiger partial charge on any atom is 0.222 e. The lowest BCUT2D eigenvalue weighted by Gasteiger charge is -2.32. The topological polar surface area (TPSA) is 38.1 Å². The van der Waals surface area contributed by atoms with Crippen LogP contribution < -0.4 is 0 Å². The molecule has 1 aliphatic rings. The molecule has 2 heterocycles. The van der Waals surface area contributed by atoms with Crippen LogP contribution in [0.3, 0.4) is 0 Å². The molecule has 3 aromatic carbocycles. The van der Waals surface area contributed by atoms with Crippen LogP contribution in [-0.2, 0) is 17.9 Å². The Labute approximate surface area is 189 Å². The van der Waals surface area contributed by atoms with Crippen molar-refractivity contribution >= 4 is 5.91 Å². The standard InChI is InChI=1S/C28H27N3O/c32-27-17-16-25(20-30(27)18-22-10-4-1-5-11-22)28-29-26(24-14-8-3-9-15-24)21-31(28)19-23-12-6-2-7-13-23/h1-15,21,25H,16-20H2. The van der Waals surface area contributed by atoms with Gasteiger partial charge in [-0.05, 0) is 17.5 Å². The van der Waals surface area contributed by atoms with Crippen molar-refractivity contribution in [3.05, 3.63) is 114 Å². The Hall–Kier alpha value is -3.66. The molecule has 0 aliphatic carbocycles. The highest BCUT2D eigenvalue weighted by atomic mass is 16.2. The number of nitrogens with zero attached hydrogens (tertiary/aromatic N) is 3. The van der Waals surface area contributed by atoms with Crippen LogP contribution in [0.4, 0.5) is 0 Å². The number of aromatic nitrogens is 2. The number of rotatable bonds is 6. The first-order chi connectivity index (χ1) is 15.8. The summed E-state index contributed by atoms with van der Waals surface area (Å²) in [4.78, 5) is 19.8. The largest absolute Gasteiger partial charge is 0.338 e. The zero-order valence-electron chi connectivity index (χ0n) is 18.1. The van der Waals surface area contributed by atoms with E-state index in [1.54, 1.807) is 0 Å². The number of imidazole rings is 1. The Balaban J connectivity index is 1.45. The van der Waals surface area contributed by atoms with E-state index in [9.17, 15) is 4.79 Å². The molecule has 1 amide bonds. The van der Waals surface area contributed by atoms with Crippen molar-refractivity contribution < 1.29 is 4.79 Å². The van der Waals surface area contributed by atoms with Gasteiger partial charge in [-0.2, -0.15) is 0 Å². The third-order valence-corrected chi connectivity index (χ3v) is 6.15. The molecule has 1 aliphatic heterocycles. The minimum absolute atomic E-state index is 0.220. The molecule has 1 saturated heterocycles. The second-order valence-electron chi connectivity index (χ2n) is 8.46. The number of benzene rings is 3. The van der Waals surface area contributed by atoms with Gasteiger partial charge in [0, 0.05) is 43.7 Å². The number of carbonyl (C=O) groups is 1. The Morgan fingerprint density at radius 2 is 1.38 bits per heavy atom. The molecule has 1 fully saturated rings. The van der Waals surface area contributed by atoms with E-state index in [0.717, 1.165) is 30.0 Å². The molecule has 160 valence electrons. The number of hydrogen-bond donors (Lipinski definition) is 0. The summed E-state index contributed by atoms with van der Waals surface area (Å²) < 4.78 is 2.28. The van der Waals surface area contributed by atoms with E-state index < -0.39 is 0 Å². The van der Waals surface area contributed by atoms with E-state index in [1.807, 2.05) is 47.4 Å². The van der Waals surface area contributed by atoms with E-state index in [1.165, 1.54) is 11.1 Å². The third kappa shape index (κ3) is 4.50. The van der Waals surface area contributed by atoms with Crippen LogP contribution in [0.1, 0.15) is 35.7 Å². The van der Waals surface area contributed by atoms with Crippen LogP contribution in [0, 0.1) is 0 Å². The first kappa shape index (κ1) is 20.3. The lowest BCUT2D eigenvalue weighted by atomic mass is 9.96. The molecule has 0 N–H and O–H groups in total. The molecule has 0 radical (unpaired) electrons. The van der Waals surface area contributed by atoms with E-state index >= 15 is 0 Å². The Kier molecular flexibility index (Phi) is 5.84. The molecule has 5 rings (SSSR count). The molecule has 32 heavy (non-hydrogen) atoms. The Morgan fingerprint density at radius 3 is 2.03 bits per heavy atom. The van der Waals surface area contributed by atoms with Gasteiger partial charge in [0.15, 0.2) is 0 Å². The molecule has 1 unspecified atom stereocenters. The van der Waals surface area contributed by atoms with Crippen LogP contribution in [0.15, 0.2) is 97.2 Å². The normalized spacial score (nSPS) is 16.3. The summed E-state index contributed by atoms with van der Waals surface area (Å²) in [5, 5.41) is 0. The van der Waals surface area contributed by atoms with E-state index in [-0.39, 0.29) is 11.8 Å². The molecule has 4 nitrogen and oxygen atoms in total. The number of piperidine rings is 1. The number of amides is 1. The van der Waals surface area contributed by atoms with Crippen LogP contribution in [0.5, 0.6) is 0 Å². The third-order valence-electron chi connectivity index (χ3n) is 6.15. The number of hydrogen-bond acceptors (Lipinski definition) is 2. The van der Waals surface area contributed by atoms with Crippen molar-refractivity contribution in [1.82, 2.24) is 14.5 Å². The number of carbonyl (C=O) groups excluding carboxylic acids is 1. The molecule has 4 aromatic rings. The Morgan fingerprint density at radius 1 is 0.781 bits per heavy atom. The molecular formula is C28H27N3O. The van der Waals surface area contributed by atoms with Crippen LogP contribution in [-0.4, -0.2) is 26.9 Å². The van der Waals surface area contributed by atoms with Gasteiger partial charge in [0.05, 0.1) is 5.69 Å². The maximum absolute atomic E-state index is 12.7. The zero-order chi connectivity index (χ0) is 21.8. The second-order valence-corrected chi connectivity index (χ2v) is 8.46. The zero-order valence-corrected chi connectivity index (χ0v) is 18.1. The summed E-state index contributed by atoms with van der Waals surface area (Å²) in [6.07, 6.45) is 3.57. The summed E-state index contributed by atoms with van der Waals surface area (Å²) in [6.45, 7) is 2.13. The average Bonchev–Trinajstić information content (AvgIpc) is 3.26. The second kappa shape index (κ2) is 9.23. The van der Waals surface area contributed by atoms with Crippen LogP contribution in [0.2, 0.25) is 0 Å². The highest BCUT2D eigenvalue weighted by Crippen LogP contribution is 2.31. The molecule has 4 heteroatoms. The highest BCUT2D eigenvalue weighted by molar-refractivity contribution is 5.77. The van der Waals surface area contributed by atoms with E-state index in [2.05, 4.69) is 59.3 Å². The van der Waals surface area contributed by atoms with Crippen molar-refractivity contribution in [2.75, 3.05) is 6.54 Å². The van der Waals surface area contributed by atoms with Gasteiger partial charge in [-0.3, -0.25) is 4.79 Å². The summed E-state index contributed by atoms with van der Waals surface area (Å²) in [7, 11) is 0. The van der Waals surface area contributed by atoms with Gasteiger partial charge in [0.1, 0.15) is 5.82 Å². The van der Waals surface area contributed by atoms with Gasteiger partial charge >= 0.3 is 0 Å². The molecule has 1 aromatic heterocycles. The first-order valence-corrected chi connectivity index (χ1v) is 11.2. The lowest BCUT2D eigenvalue weighted by molar-refractivity contribution is -0.134. The minimum atomic E-state index is 0.220. The van der Waals surface area contributed by atoms with E-state index in [0.29, 0.717) is 19.5 Å². The van der Waals surface area contributed by atoms with Crippen LogP contribution in [0.25, 0.3) is 11.3 Å². The molecule has 1 atom stereocenters. The fraction of sp³-hybridized carbons (Fsp3) is 0.214. The van der Waals surface area contributed by atoms with Crippen molar-refractivity contribution in [1.29, 1.82) is 0 Å². The first-order valence-electron chi connectivity index (χ1n) is 11.2. The molecule has 0 bridgehead atoms. The summed E-state index contributed by atoms with van der Waals surface area (Å²) in [6, 6.07) is 31.1. The lowest BCUT2D eigenvalue weighted by Crippen LogP contribution is -2.39. The fourth-order valence-electron chi connectivity index (χ4n) is 4.49. The monoisotopic (exact) mass is 421 g/mol. The Bertz CT molecular complexity index is 1170. The molecular weight excluding hydrogens is 394 g/mol. The SMILES string of the molecule is O=C1CCC(c2nc(-c3ccccc3)cn2Cc2ccccc2)CN1Cc1ccccc1. The summed E-state index contributed by atoms with van der Waals surface area (Å²) >= 11 is 0. The quantitative estimate of drug-likeness (QED) is 0.412. The number of likely N-dealkylation sites (tertiary alicyclic amines) is 1. The highest BCUT2D eigenvalue weighted by Gasteiger charge is 2.30. The van der Waals surface area contributed by atoms with Gasteiger partial charge in [0.2, 0.25) is 5.91 Å². The maximum atomic E-state index is 12.7. The van der Waals surface area contributed by atoms with E-state index in [4.69, 9.17) is 4.98 Å². The molecule has 0 saturated carbocycles. The van der Waals surface area contributed by atoms with Crippen molar-refractivity contribution in [3.63, 3.8) is 0 Å². The summed E-state index contributed by atoms with van der Waals surface area (Å²) in [5.74, 6) is 1.52. The smallest absolute Gasteiger partial charge is 0.222 e. The molecule has 0 spiro atoms. The minimum Gasteiger partial charge on any atom is -0.338 e. The average molecular weight is 422 g/mol. The van der Waals surface area contributed by atoms with Gasteiger partial charge < -0.3 is 9.47 Å². The van der Waals surface area contributed by atoms with Gasteiger partial charge in [-0.25, -0.2) is 4.98 Å². The van der Waals surface area contributed by atoms with Gasteiger partial charge in [0.25, 0.3) is 0 Å². The van der Waals surface area contributed by atoms with Crippen molar-refractivity contribution in [2.24, 2.45) is 0 Å². The predicted molar refractivity (Wildman–Crippen MR) is 127 cm³/mol. The van der Waals surface area contributed by atoms with Crippen molar-refractivity contribution in [2.45, 2.75) is 31.8 Å². The van der Waals surface area contributed by atoms with Crippen LogP contribution >= 0.6 is 0 Å². The van der Waals surface area contributed by atoms with Gasteiger partial charge in [-0.15, -0.1) is 0 Å². The van der Waals surface area contributed by atoms with Gasteiger partial charge in [-0.1, -0.05) is 91.0 Å². The summed E-state index contributed by atoms with van der Waals surface area (Å²) in [5.41, 5.74) is 4.52.